The summed E-state index contributed by atoms with van der Waals surface area (Å²) in [6.45, 7) is 1.77. The third kappa shape index (κ3) is 4.00. The van der Waals surface area contributed by atoms with Gasteiger partial charge in [-0.1, -0.05) is 6.07 Å². The Labute approximate surface area is 178 Å². The third-order valence-corrected chi connectivity index (χ3v) is 5.84. The van der Waals surface area contributed by atoms with Gasteiger partial charge in [0.25, 0.3) is 6.47 Å². The number of carbonyl (C=O) groups is 2. The summed E-state index contributed by atoms with van der Waals surface area (Å²) in [5, 5.41) is 2.95. The minimum atomic E-state index is -0.356. The quantitative estimate of drug-likeness (QED) is 0.557. The van der Waals surface area contributed by atoms with Crippen molar-refractivity contribution < 1.29 is 23.8 Å². The molecule has 158 valence electrons. The van der Waals surface area contributed by atoms with Crippen molar-refractivity contribution in [2.75, 3.05) is 20.5 Å². The maximum Gasteiger partial charge on any atom is 0.298 e. The lowest BCUT2D eigenvalue weighted by atomic mass is 9.95. The predicted octanol–water partition coefficient (Wildman–Crippen LogP) is 3.11. The van der Waals surface area contributed by atoms with Gasteiger partial charge in [-0.2, -0.15) is 0 Å². The zero-order valence-corrected chi connectivity index (χ0v) is 18.1. The molecule has 0 aromatic heterocycles. The van der Waals surface area contributed by atoms with Gasteiger partial charge in [0.2, 0.25) is 11.7 Å². The lowest BCUT2D eigenvalue weighted by Gasteiger charge is -2.19. The number of hydrogen-bond donors (Lipinski definition) is 1. The number of methoxy groups -OCH3 is 2. The summed E-state index contributed by atoms with van der Waals surface area (Å²) in [5.74, 6) is 0.685. The number of thioether (sulfide) groups is 1. The monoisotopic (exact) mass is 429 g/mol. The van der Waals surface area contributed by atoms with E-state index in [1.54, 1.807) is 18.2 Å². The molecule has 8 heteroatoms. The third-order valence-electron chi connectivity index (χ3n) is 5.06. The number of nitrogens with one attached hydrogen (secondary N) is 1. The van der Waals surface area contributed by atoms with Crippen LogP contribution >= 0.6 is 11.8 Å². The smallest absolute Gasteiger partial charge is 0.298 e. The van der Waals surface area contributed by atoms with Crippen LogP contribution in [0.2, 0.25) is 0 Å². The standard InChI is InChI=1S/C22H23NO6S/c1-12(25)23-16-7-5-13-9-18(27-2)21(29-11-24)22(28-3)20(13)14-6-8-19(30-4)17(26)10-15(14)16/h6,8-11,16H,5,7H2,1-4H3,(H,23,25). The van der Waals surface area contributed by atoms with E-state index < -0.39 is 0 Å². The molecule has 3 rings (SSSR count). The van der Waals surface area contributed by atoms with E-state index in [1.807, 2.05) is 12.3 Å². The summed E-state index contributed by atoms with van der Waals surface area (Å²) < 4.78 is 16.3. The summed E-state index contributed by atoms with van der Waals surface area (Å²) >= 11 is 1.35. The van der Waals surface area contributed by atoms with Gasteiger partial charge in [-0.15, -0.1) is 11.8 Å². The van der Waals surface area contributed by atoms with E-state index >= 15 is 0 Å². The van der Waals surface area contributed by atoms with Crippen molar-refractivity contribution in [1.82, 2.24) is 5.32 Å². The first-order valence-electron chi connectivity index (χ1n) is 9.33. The van der Waals surface area contributed by atoms with Crippen LogP contribution < -0.4 is 25.0 Å². The fourth-order valence-electron chi connectivity index (χ4n) is 3.83. The molecular weight excluding hydrogens is 406 g/mol. The molecule has 0 saturated heterocycles. The van der Waals surface area contributed by atoms with Gasteiger partial charge in [0.1, 0.15) is 0 Å². The Balaban J connectivity index is 2.42. The van der Waals surface area contributed by atoms with Crippen LogP contribution in [0.3, 0.4) is 0 Å². The first kappa shape index (κ1) is 21.7. The lowest BCUT2D eigenvalue weighted by Crippen LogP contribution is -2.26. The Morgan fingerprint density at radius 3 is 2.57 bits per heavy atom. The van der Waals surface area contributed by atoms with Gasteiger partial charge in [0.15, 0.2) is 16.9 Å². The van der Waals surface area contributed by atoms with Crippen LogP contribution in [0.5, 0.6) is 17.2 Å². The number of rotatable bonds is 6. The number of carbonyl (C=O) groups excluding carboxylic acids is 2. The number of ether oxygens (including phenoxy) is 3. The topological polar surface area (TPSA) is 90.9 Å². The Morgan fingerprint density at radius 1 is 1.20 bits per heavy atom. The van der Waals surface area contributed by atoms with Gasteiger partial charge in [-0.25, -0.2) is 0 Å². The number of fused-ring (bicyclic) bond motifs is 3. The van der Waals surface area contributed by atoms with Gasteiger partial charge in [-0.05, 0) is 54.0 Å². The van der Waals surface area contributed by atoms with Gasteiger partial charge in [0, 0.05) is 12.5 Å². The molecule has 1 aliphatic carbocycles. The normalized spacial score (nSPS) is 14.6. The molecule has 0 radical (unpaired) electrons. The average Bonchev–Trinajstić information content (AvgIpc) is 2.96. The number of hydrogen-bond acceptors (Lipinski definition) is 7. The molecular formula is C22H23NO6S. The second kappa shape index (κ2) is 9.21. The van der Waals surface area contributed by atoms with E-state index in [1.165, 1.54) is 32.9 Å². The molecule has 30 heavy (non-hydrogen) atoms. The van der Waals surface area contributed by atoms with Gasteiger partial charge >= 0.3 is 0 Å². The van der Waals surface area contributed by atoms with Crippen LogP contribution in [-0.4, -0.2) is 32.9 Å². The maximum atomic E-state index is 12.7. The van der Waals surface area contributed by atoms with E-state index in [-0.39, 0.29) is 23.1 Å². The zero-order chi connectivity index (χ0) is 21.8. The van der Waals surface area contributed by atoms with Crippen LogP contribution in [0, 0.1) is 0 Å². The number of benzene rings is 1. The zero-order valence-electron chi connectivity index (χ0n) is 17.2. The molecule has 0 heterocycles. The first-order chi connectivity index (χ1) is 14.4. The Bertz CT molecular complexity index is 1050. The van der Waals surface area contributed by atoms with Crippen molar-refractivity contribution in [3.05, 3.63) is 45.6 Å². The molecule has 0 aliphatic heterocycles. The highest BCUT2D eigenvalue weighted by Gasteiger charge is 2.29. The first-order valence-corrected chi connectivity index (χ1v) is 10.6. The highest BCUT2D eigenvalue weighted by Crippen LogP contribution is 2.50. The summed E-state index contributed by atoms with van der Waals surface area (Å²) in [4.78, 5) is 36.3. The molecule has 2 aromatic rings. The molecule has 0 spiro atoms. The van der Waals surface area contributed by atoms with Crippen molar-refractivity contribution in [2.45, 2.75) is 30.7 Å². The summed E-state index contributed by atoms with van der Waals surface area (Å²) in [5.41, 5.74) is 2.91. The molecule has 2 aromatic carbocycles. The molecule has 0 bridgehead atoms. The maximum absolute atomic E-state index is 12.7. The summed E-state index contributed by atoms with van der Waals surface area (Å²) in [6, 6.07) is 6.63. The van der Waals surface area contributed by atoms with E-state index in [0.717, 1.165) is 11.1 Å². The Morgan fingerprint density at radius 2 is 1.97 bits per heavy atom. The lowest BCUT2D eigenvalue weighted by molar-refractivity contribution is -0.121. The van der Waals surface area contributed by atoms with Crippen molar-refractivity contribution in [1.29, 1.82) is 0 Å². The molecule has 0 fully saturated rings. The minimum Gasteiger partial charge on any atom is -0.493 e. The Kier molecular flexibility index (Phi) is 6.66. The summed E-state index contributed by atoms with van der Waals surface area (Å²) in [7, 11) is 2.97. The molecule has 1 unspecified atom stereocenters. The van der Waals surface area contributed by atoms with Gasteiger partial charge in [-0.3, -0.25) is 14.4 Å². The van der Waals surface area contributed by atoms with Crippen molar-refractivity contribution in [2.24, 2.45) is 0 Å². The SMILES string of the molecule is COc1cc2c(c(OC)c1OC=O)-c1ccc(SC)c(=O)cc1C(NC(C)=O)CC2. The van der Waals surface area contributed by atoms with Crippen molar-refractivity contribution in [3.63, 3.8) is 0 Å². The van der Waals surface area contributed by atoms with Crippen LogP contribution in [0.4, 0.5) is 0 Å². The molecule has 1 aliphatic rings. The van der Waals surface area contributed by atoms with Crippen LogP contribution in [-0.2, 0) is 16.0 Å². The van der Waals surface area contributed by atoms with Gasteiger partial charge < -0.3 is 19.5 Å². The van der Waals surface area contributed by atoms with Crippen molar-refractivity contribution in [3.8, 4) is 28.4 Å². The van der Waals surface area contributed by atoms with E-state index in [9.17, 15) is 14.4 Å². The van der Waals surface area contributed by atoms with Crippen LogP contribution in [0.1, 0.15) is 30.5 Å². The Hall–Kier alpha value is -3.00. The minimum absolute atomic E-state index is 0.126. The summed E-state index contributed by atoms with van der Waals surface area (Å²) in [6.07, 6.45) is 3.01. The molecule has 1 atom stereocenters. The van der Waals surface area contributed by atoms with Crippen LogP contribution in [0.25, 0.3) is 11.1 Å². The number of amides is 1. The second-order valence-electron chi connectivity index (χ2n) is 6.76. The van der Waals surface area contributed by atoms with Crippen molar-refractivity contribution >= 4 is 24.1 Å². The van der Waals surface area contributed by atoms with Crippen LogP contribution in [0.15, 0.2) is 34.0 Å². The van der Waals surface area contributed by atoms with E-state index in [4.69, 9.17) is 14.2 Å². The molecule has 1 N–H and O–H groups in total. The average molecular weight is 429 g/mol. The highest BCUT2D eigenvalue weighted by molar-refractivity contribution is 7.98. The van der Waals surface area contributed by atoms with E-state index in [2.05, 4.69) is 5.32 Å². The second-order valence-corrected chi connectivity index (χ2v) is 7.61. The van der Waals surface area contributed by atoms with Gasteiger partial charge in [0.05, 0.1) is 25.2 Å². The highest BCUT2D eigenvalue weighted by atomic mass is 32.2. The molecule has 0 saturated carbocycles. The van der Waals surface area contributed by atoms with E-state index in [0.29, 0.717) is 46.8 Å². The molecule has 1 amide bonds. The number of aryl methyl sites for hydroxylation is 1. The predicted molar refractivity (Wildman–Crippen MR) is 115 cm³/mol. The fraction of sp³-hybridized carbons (Fsp3) is 0.318. The largest absolute Gasteiger partial charge is 0.493 e. The molecule has 7 nitrogen and oxygen atoms in total. The fourth-order valence-corrected chi connectivity index (χ4v) is 4.29.